The van der Waals surface area contributed by atoms with Crippen LogP contribution in [-0.2, 0) is 6.42 Å². The van der Waals surface area contributed by atoms with E-state index in [1.54, 1.807) is 0 Å². The lowest BCUT2D eigenvalue weighted by Crippen LogP contribution is -2.60. The maximum absolute atomic E-state index is 6.28. The second kappa shape index (κ2) is 7.37. The number of pyridine rings is 1. The number of nitrogens with two attached hydrogens (primary N) is 1. The van der Waals surface area contributed by atoms with Crippen molar-refractivity contribution in [1.29, 1.82) is 0 Å². The fourth-order valence-electron chi connectivity index (χ4n) is 4.16. The summed E-state index contributed by atoms with van der Waals surface area (Å²) in [6.07, 6.45) is 10.1. The second-order valence-electron chi connectivity index (χ2n) is 6.93. The Kier molecular flexibility index (Phi) is 5.77. The summed E-state index contributed by atoms with van der Waals surface area (Å²) in [5.41, 5.74) is 7.84. The van der Waals surface area contributed by atoms with Gasteiger partial charge >= 0.3 is 0 Å². The third kappa shape index (κ3) is 3.64. The molecule has 0 aliphatic heterocycles. The lowest BCUT2D eigenvalue weighted by atomic mass is 9.67. The molecule has 1 saturated carbocycles. The summed E-state index contributed by atoms with van der Waals surface area (Å²) in [5, 5.41) is 0. The molecule has 1 fully saturated rings. The van der Waals surface area contributed by atoms with Gasteiger partial charge in [-0.25, -0.2) is 0 Å². The molecule has 1 aliphatic carbocycles. The van der Waals surface area contributed by atoms with Crippen LogP contribution in [0.15, 0.2) is 24.5 Å². The van der Waals surface area contributed by atoms with Crippen molar-refractivity contribution in [1.82, 2.24) is 9.88 Å². The SMILES string of the molecule is CC(C)C1CCCCC1(CN)N(C)CCc1ccncc1. The fraction of sp³-hybridized carbons (Fsp3) is 0.722. The fourth-order valence-corrected chi connectivity index (χ4v) is 4.16. The smallest absolute Gasteiger partial charge is 0.0359 e. The summed E-state index contributed by atoms with van der Waals surface area (Å²) in [6.45, 7) is 6.57. The molecule has 1 heterocycles. The summed E-state index contributed by atoms with van der Waals surface area (Å²) in [5.74, 6) is 1.43. The highest BCUT2D eigenvalue weighted by Gasteiger charge is 2.43. The Balaban J connectivity index is 2.07. The van der Waals surface area contributed by atoms with E-state index < -0.39 is 0 Å². The van der Waals surface area contributed by atoms with E-state index in [-0.39, 0.29) is 5.54 Å². The van der Waals surface area contributed by atoms with Gasteiger partial charge in [-0.2, -0.15) is 0 Å². The largest absolute Gasteiger partial charge is 0.329 e. The molecule has 2 atom stereocenters. The van der Waals surface area contributed by atoms with Gasteiger partial charge in [0.1, 0.15) is 0 Å². The summed E-state index contributed by atoms with van der Waals surface area (Å²) in [6, 6.07) is 4.23. The normalized spacial score (nSPS) is 26.5. The van der Waals surface area contributed by atoms with Crippen LogP contribution in [0.2, 0.25) is 0 Å². The number of rotatable bonds is 6. The quantitative estimate of drug-likeness (QED) is 0.875. The zero-order valence-electron chi connectivity index (χ0n) is 13.9. The van der Waals surface area contributed by atoms with Crippen LogP contribution in [0.4, 0.5) is 0 Å². The molecule has 3 nitrogen and oxygen atoms in total. The van der Waals surface area contributed by atoms with Gasteiger partial charge in [0.05, 0.1) is 0 Å². The third-order valence-corrected chi connectivity index (χ3v) is 5.47. The Labute approximate surface area is 129 Å². The molecule has 1 aliphatic rings. The van der Waals surface area contributed by atoms with Gasteiger partial charge in [0.25, 0.3) is 0 Å². The lowest BCUT2D eigenvalue weighted by Gasteiger charge is -2.51. The molecule has 2 N–H and O–H groups in total. The minimum absolute atomic E-state index is 0.194. The van der Waals surface area contributed by atoms with Gasteiger partial charge < -0.3 is 5.73 Å². The monoisotopic (exact) mass is 289 g/mol. The van der Waals surface area contributed by atoms with Gasteiger partial charge in [0.15, 0.2) is 0 Å². The standard InChI is InChI=1S/C18H31N3/c1-15(2)17-6-4-5-10-18(17,14-19)21(3)13-9-16-7-11-20-12-8-16/h7-8,11-12,15,17H,4-6,9-10,13-14,19H2,1-3H3. The van der Waals surface area contributed by atoms with E-state index in [0.717, 1.165) is 25.4 Å². The van der Waals surface area contributed by atoms with Crippen LogP contribution in [0, 0.1) is 11.8 Å². The molecule has 2 rings (SSSR count). The van der Waals surface area contributed by atoms with Crippen LogP contribution in [0.5, 0.6) is 0 Å². The van der Waals surface area contributed by atoms with Crippen molar-refractivity contribution in [2.45, 2.75) is 51.5 Å². The molecule has 0 radical (unpaired) electrons. The Morgan fingerprint density at radius 1 is 1.33 bits per heavy atom. The minimum Gasteiger partial charge on any atom is -0.329 e. The van der Waals surface area contributed by atoms with Crippen molar-refractivity contribution < 1.29 is 0 Å². The molecule has 3 heteroatoms. The van der Waals surface area contributed by atoms with Crippen molar-refractivity contribution in [2.24, 2.45) is 17.6 Å². The Morgan fingerprint density at radius 3 is 2.67 bits per heavy atom. The van der Waals surface area contributed by atoms with Crippen molar-refractivity contribution >= 4 is 0 Å². The maximum atomic E-state index is 6.28. The molecule has 1 aromatic heterocycles. The van der Waals surface area contributed by atoms with Crippen LogP contribution in [0.3, 0.4) is 0 Å². The lowest BCUT2D eigenvalue weighted by molar-refractivity contribution is 0.00406. The van der Waals surface area contributed by atoms with Gasteiger partial charge in [0.2, 0.25) is 0 Å². The highest BCUT2D eigenvalue weighted by Crippen LogP contribution is 2.41. The Morgan fingerprint density at radius 2 is 2.05 bits per heavy atom. The molecule has 0 bridgehead atoms. The van der Waals surface area contributed by atoms with Crippen molar-refractivity contribution in [3.05, 3.63) is 30.1 Å². The van der Waals surface area contributed by atoms with Crippen molar-refractivity contribution in [3.63, 3.8) is 0 Å². The van der Waals surface area contributed by atoms with E-state index in [2.05, 4.69) is 42.9 Å². The number of aromatic nitrogens is 1. The molecule has 0 amide bonds. The van der Waals surface area contributed by atoms with Crippen LogP contribution >= 0.6 is 0 Å². The molecule has 118 valence electrons. The average molecular weight is 289 g/mol. The Bertz CT molecular complexity index is 418. The van der Waals surface area contributed by atoms with E-state index in [1.165, 1.54) is 31.2 Å². The summed E-state index contributed by atoms with van der Waals surface area (Å²) >= 11 is 0. The first-order valence-corrected chi connectivity index (χ1v) is 8.40. The highest BCUT2D eigenvalue weighted by atomic mass is 15.2. The maximum Gasteiger partial charge on any atom is 0.0359 e. The van der Waals surface area contributed by atoms with E-state index in [9.17, 15) is 0 Å². The third-order valence-electron chi connectivity index (χ3n) is 5.47. The van der Waals surface area contributed by atoms with Gasteiger partial charge in [0, 0.05) is 31.0 Å². The molecule has 21 heavy (non-hydrogen) atoms. The Hall–Kier alpha value is -0.930. The zero-order valence-corrected chi connectivity index (χ0v) is 13.9. The molecule has 1 aromatic rings. The number of hydrogen-bond acceptors (Lipinski definition) is 3. The zero-order chi connectivity index (χ0) is 15.3. The minimum atomic E-state index is 0.194. The first-order chi connectivity index (χ1) is 10.1. The topological polar surface area (TPSA) is 42.1 Å². The van der Waals surface area contributed by atoms with E-state index in [0.29, 0.717) is 5.92 Å². The second-order valence-corrected chi connectivity index (χ2v) is 6.93. The van der Waals surface area contributed by atoms with Crippen LogP contribution < -0.4 is 5.73 Å². The molecule has 0 spiro atoms. The number of likely N-dealkylation sites (N-methyl/N-ethyl adjacent to an activating group) is 1. The number of hydrogen-bond donors (Lipinski definition) is 1. The average Bonchev–Trinajstić information content (AvgIpc) is 2.53. The predicted octanol–water partition coefficient (Wildman–Crippen LogP) is 3.10. The molecule has 0 saturated heterocycles. The van der Waals surface area contributed by atoms with Crippen LogP contribution in [0.1, 0.15) is 45.1 Å². The summed E-state index contributed by atoms with van der Waals surface area (Å²) in [7, 11) is 2.27. The summed E-state index contributed by atoms with van der Waals surface area (Å²) in [4.78, 5) is 6.65. The van der Waals surface area contributed by atoms with Gasteiger partial charge in [-0.05, 0) is 55.8 Å². The molecular weight excluding hydrogens is 258 g/mol. The van der Waals surface area contributed by atoms with E-state index >= 15 is 0 Å². The van der Waals surface area contributed by atoms with Crippen LogP contribution in [0.25, 0.3) is 0 Å². The summed E-state index contributed by atoms with van der Waals surface area (Å²) < 4.78 is 0. The van der Waals surface area contributed by atoms with Crippen molar-refractivity contribution in [2.75, 3.05) is 20.1 Å². The molecule has 0 aromatic carbocycles. The first kappa shape index (κ1) is 16.4. The van der Waals surface area contributed by atoms with Gasteiger partial charge in [-0.3, -0.25) is 9.88 Å². The van der Waals surface area contributed by atoms with Gasteiger partial charge in [-0.15, -0.1) is 0 Å². The molecule has 2 unspecified atom stereocenters. The van der Waals surface area contributed by atoms with Crippen LogP contribution in [-0.4, -0.2) is 35.6 Å². The van der Waals surface area contributed by atoms with Gasteiger partial charge in [-0.1, -0.05) is 26.7 Å². The number of nitrogens with zero attached hydrogens (tertiary/aromatic N) is 2. The van der Waals surface area contributed by atoms with Crippen molar-refractivity contribution in [3.8, 4) is 0 Å². The first-order valence-electron chi connectivity index (χ1n) is 8.40. The van der Waals surface area contributed by atoms with E-state index in [1.807, 2.05) is 12.4 Å². The highest BCUT2D eigenvalue weighted by molar-refractivity contribution is 5.10. The van der Waals surface area contributed by atoms with E-state index in [4.69, 9.17) is 5.73 Å². The predicted molar refractivity (Wildman–Crippen MR) is 89.2 cm³/mol. The molecular formula is C18H31N3.